The average molecular weight is 234 g/mol. The first-order valence-corrected chi connectivity index (χ1v) is 5.67. The van der Waals surface area contributed by atoms with Crippen LogP contribution in [0.4, 0.5) is 10.2 Å². The van der Waals surface area contributed by atoms with Crippen LogP contribution in [0.5, 0.6) is 0 Å². The predicted molar refractivity (Wildman–Crippen MR) is 64.3 cm³/mol. The molecular formula is C12H11FN2S. The molecule has 82 valence electrons. The fourth-order valence-corrected chi connectivity index (χ4v) is 2.17. The number of anilines is 1. The molecule has 0 fully saturated rings. The van der Waals surface area contributed by atoms with E-state index in [1.807, 2.05) is 25.2 Å². The summed E-state index contributed by atoms with van der Waals surface area (Å²) < 4.78 is 13.0. The van der Waals surface area contributed by atoms with Crippen LogP contribution in [0.25, 0.3) is 0 Å². The Morgan fingerprint density at radius 2 is 2.00 bits per heavy atom. The van der Waals surface area contributed by atoms with Crippen LogP contribution >= 0.6 is 11.8 Å². The zero-order valence-electron chi connectivity index (χ0n) is 8.77. The lowest BCUT2D eigenvalue weighted by molar-refractivity contribution is 0.624. The van der Waals surface area contributed by atoms with Gasteiger partial charge in [-0.05, 0) is 30.3 Å². The van der Waals surface area contributed by atoms with Crippen molar-refractivity contribution in [3.8, 4) is 0 Å². The Morgan fingerprint density at radius 3 is 2.75 bits per heavy atom. The van der Waals surface area contributed by atoms with E-state index in [0.29, 0.717) is 0 Å². The third kappa shape index (κ3) is 2.73. The topological polar surface area (TPSA) is 24.9 Å². The third-order valence-electron chi connectivity index (χ3n) is 2.02. The summed E-state index contributed by atoms with van der Waals surface area (Å²) in [6, 6.07) is 10.4. The van der Waals surface area contributed by atoms with E-state index in [-0.39, 0.29) is 5.82 Å². The molecule has 0 saturated carbocycles. The fourth-order valence-electron chi connectivity index (χ4n) is 1.28. The summed E-state index contributed by atoms with van der Waals surface area (Å²) in [5.41, 5.74) is 0. The van der Waals surface area contributed by atoms with Crippen LogP contribution in [-0.2, 0) is 0 Å². The molecule has 1 N–H and O–H groups in total. The summed E-state index contributed by atoms with van der Waals surface area (Å²) in [6.45, 7) is 0. The zero-order valence-corrected chi connectivity index (χ0v) is 9.59. The molecule has 0 unspecified atom stereocenters. The minimum atomic E-state index is -0.215. The Morgan fingerprint density at radius 1 is 1.19 bits per heavy atom. The number of nitrogens with zero attached hydrogens (tertiary/aromatic N) is 1. The first-order chi connectivity index (χ1) is 7.78. The fraction of sp³-hybridized carbons (Fsp3) is 0.0833. The normalized spacial score (nSPS) is 10.1. The van der Waals surface area contributed by atoms with Crippen LogP contribution in [0, 0.1) is 5.82 Å². The summed E-state index contributed by atoms with van der Waals surface area (Å²) in [5.74, 6) is 0.592. The number of nitrogens with one attached hydrogen (secondary N) is 1. The molecule has 0 aliphatic rings. The number of hydrogen-bond acceptors (Lipinski definition) is 3. The maximum atomic E-state index is 13.0. The van der Waals surface area contributed by atoms with Gasteiger partial charge in [-0.25, -0.2) is 9.37 Å². The van der Waals surface area contributed by atoms with Crippen molar-refractivity contribution >= 4 is 17.6 Å². The van der Waals surface area contributed by atoms with Crippen LogP contribution in [0.15, 0.2) is 52.4 Å². The molecule has 2 rings (SSSR count). The van der Waals surface area contributed by atoms with E-state index in [9.17, 15) is 4.39 Å². The highest BCUT2D eigenvalue weighted by atomic mass is 32.2. The van der Waals surface area contributed by atoms with Gasteiger partial charge in [0.05, 0.1) is 0 Å². The van der Waals surface area contributed by atoms with E-state index >= 15 is 0 Å². The number of pyridine rings is 1. The van der Waals surface area contributed by atoms with Gasteiger partial charge in [0.1, 0.15) is 11.6 Å². The molecule has 2 nitrogen and oxygen atoms in total. The highest BCUT2D eigenvalue weighted by Crippen LogP contribution is 2.28. The first-order valence-electron chi connectivity index (χ1n) is 4.85. The summed E-state index contributed by atoms with van der Waals surface area (Å²) in [4.78, 5) is 6.03. The van der Waals surface area contributed by atoms with Crippen molar-refractivity contribution in [3.63, 3.8) is 0 Å². The molecule has 1 heterocycles. The van der Waals surface area contributed by atoms with Crippen molar-refractivity contribution in [1.82, 2.24) is 4.98 Å². The Kier molecular flexibility index (Phi) is 3.41. The van der Waals surface area contributed by atoms with Crippen molar-refractivity contribution in [2.75, 3.05) is 12.4 Å². The Hall–Kier alpha value is -1.55. The summed E-state index contributed by atoms with van der Waals surface area (Å²) in [7, 11) is 1.82. The summed E-state index contributed by atoms with van der Waals surface area (Å²) in [5, 5.41) is 2.97. The smallest absolute Gasteiger partial charge is 0.126 e. The molecule has 1 aromatic carbocycles. The second-order valence-corrected chi connectivity index (χ2v) is 4.33. The van der Waals surface area contributed by atoms with E-state index in [1.165, 1.54) is 23.9 Å². The van der Waals surface area contributed by atoms with Crippen molar-refractivity contribution < 1.29 is 4.39 Å². The molecular weight excluding hydrogens is 223 g/mol. The Balaban J connectivity index is 2.20. The number of aromatic nitrogens is 1. The summed E-state index contributed by atoms with van der Waals surface area (Å²) in [6.07, 6.45) is 1.73. The largest absolute Gasteiger partial charge is 0.373 e. The van der Waals surface area contributed by atoms with E-state index < -0.39 is 0 Å². The minimum Gasteiger partial charge on any atom is -0.373 e. The van der Waals surface area contributed by atoms with Crippen molar-refractivity contribution in [3.05, 3.63) is 48.4 Å². The Labute approximate surface area is 97.9 Å². The van der Waals surface area contributed by atoms with Gasteiger partial charge in [0.25, 0.3) is 0 Å². The van der Waals surface area contributed by atoms with Crippen LogP contribution in [0.1, 0.15) is 0 Å². The molecule has 0 aliphatic heterocycles. The molecule has 0 saturated heterocycles. The average Bonchev–Trinajstić information content (AvgIpc) is 2.29. The van der Waals surface area contributed by atoms with Crippen molar-refractivity contribution in [2.45, 2.75) is 9.79 Å². The molecule has 0 aliphatic carbocycles. The number of halogens is 1. The number of rotatable bonds is 3. The maximum absolute atomic E-state index is 13.0. The van der Waals surface area contributed by atoms with Gasteiger partial charge in [0.2, 0.25) is 0 Å². The molecule has 1 aromatic heterocycles. The van der Waals surface area contributed by atoms with Gasteiger partial charge in [0.15, 0.2) is 0 Å². The highest BCUT2D eigenvalue weighted by Gasteiger charge is 2.00. The maximum Gasteiger partial charge on any atom is 0.126 e. The van der Waals surface area contributed by atoms with Crippen LogP contribution in [0.3, 0.4) is 0 Å². The summed E-state index contributed by atoms with van der Waals surface area (Å²) >= 11 is 1.51. The SMILES string of the molecule is CNc1cc(Sc2cccc(F)c2)ccn1. The number of benzene rings is 1. The zero-order chi connectivity index (χ0) is 11.4. The lowest BCUT2D eigenvalue weighted by Crippen LogP contribution is -1.90. The van der Waals surface area contributed by atoms with Gasteiger partial charge < -0.3 is 5.32 Å². The quantitative estimate of drug-likeness (QED) is 0.881. The molecule has 2 aromatic rings. The molecule has 0 radical (unpaired) electrons. The third-order valence-corrected chi connectivity index (χ3v) is 3.00. The highest BCUT2D eigenvalue weighted by molar-refractivity contribution is 7.99. The van der Waals surface area contributed by atoms with E-state index in [1.54, 1.807) is 12.3 Å². The van der Waals surface area contributed by atoms with E-state index in [4.69, 9.17) is 0 Å². The lowest BCUT2D eigenvalue weighted by Gasteiger charge is -2.03. The van der Waals surface area contributed by atoms with Gasteiger partial charge in [0, 0.05) is 23.0 Å². The lowest BCUT2D eigenvalue weighted by atomic mass is 10.3. The monoisotopic (exact) mass is 234 g/mol. The van der Waals surface area contributed by atoms with Gasteiger partial charge in [-0.2, -0.15) is 0 Å². The number of hydrogen-bond donors (Lipinski definition) is 1. The first kappa shape index (κ1) is 11.0. The van der Waals surface area contributed by atoms with Crippen LogP contribution < -0.4 is 5.32 Å². The molecule has 0 amide bonds. The molecule has 0 spiro atoms. The van der Waals surface area contributed by atoms with Gasteiger partial charge in [-0.3, -0.25) is 0 Å². The van der Waals surface area contributed by atoms with Gasteiger partial charge in [-0.1, -0.05) is 17.8 Å². The van der Waals surface area contributed by atoms with E-state index in [0.717, 1.165) is 15.6 Å². The predicted octanol–water partition coefficient (Wildman–Crippen LogP) is 3.41. The van der Waals surface area contributed by atoms with E-state index in [2.05, 4.69) is 10.3 Å². The molecule has 0 atom stereocenters. The molecule has 16 heavy (non-hydrogen) atoms. The van der Waals surface area contributed by atoms with Crippen LogP contribution in [0.2, 0.25) is 0 Å². The minimum absolute atomic E-state index is 0.215. The van der Waals surface area contributed by atoms with Crippen molar-refractivity contribution in [2.24, 2.45) is 0 Å². The second-order valence-electron chi connectivity index (χ2n) is 3.19. The van der Waals surface area contributed by atoms with Crippen molar-refractivity contribution in [1.29, 1.82) is 0 Å². The molecule has 0 bridgehead atoms. The Bertz CT molecular complexity index is 488. The van der Waals surface area contributed by atoms with Gasteiger partial charge in [-0.15, -0.1) is 0 Å². The molecule has 4 heteroatoms. The van der Waals surface area contributed by atoms with Crippen LogP contribution in [-0.4, -0.2) is 12.0 Å². The second kappa shape index (κ2) is 4.99. The van der Waals surface area contributed by atoms with Gasteiger partial charge >= 0.3 is 0 Å². The standard InChI is InChI=1S/C12H11FN2S/c1-14-12-8-11(5-6-15-12)16-10-4-2-3-9(13)7-10/h2-8H,1H3,(H,14,15).